The lowest BCUT2D eigenvalue weighted by molar-refractivity contribution is 0.430. The van der Waals surface area contributed by atoms with Crippen molar-refractivity contribution in [2.75, 3.05) is 13.1 Å². The summed E-state index contributed by atoms with van der Waals surface area (Å²) >= 11 is 1.62. The van der Waals surface area contributed by atoms with Crippen molar-refractivity contribution >= 4 is 11.8 Å². The Morgan fingerprint density at radius 1 is 1.60 bits per heavy atom. The average Bonchev–Trinajstić information content (AvgIpc) is 2.46. The SMILES string of the molecule is C#CCNCC(C)Sc1nc(C)c(C)o1. The molecule has 0 aliphatic heterocycles. The van der Waals surface area contributed by atoms with E-state index in [0.717, 1.165) is 23.2 Å². The molecule has 0 bridgehead atoms. The van der Waals surface area contributed by atoms with E-state index in [9.17, 15) is 0 Å². The largest absolute Gasteiger partial charge is 0.437 e. The van der Waals surface area contributed by atoms with Gasteiger partial charge in [-0.15, -0.1) is 6.42 Å². The topological polar surface area (TPSA) is 38.1 Å². The third-order valence-corrected chi connectivity index (χ3v) is 2.92. The fraction of sp³-hybridized carbons (Fsp3) is 0.545. The van der Waals surface area contributed by atoms with Crippen molar-refractivity contribution in [3.05, 3.63) is 11.5 Å². The number of oxazole rings is 1. The minimum atomic E-state index is 0.399. The van der Waals surface area contributed by atoms with Crippen LogP contribution in [0, 0.1) is 26.2 Å². The molecule has 82 valence electrons. The molecule has 15 heavy (non-hydrogen) atoms. The van der Waals surface area contributed by atoms with Gasteiger partial charge in [0.2, 0.25) is 0 Å². The maximum absolute atomic E-state index is 5.47. The molecule has 0 aliphatic carbocycles. The van der Waals surface area contributed by atoms with Crippen LogP contribution in [-0.4, -0.2) is 23.3 Å². The Morgan fingerprint density at radius 3 is 2.87 bits per heavy atom. The van der Waals surface area contributed by atoms with Crippen molar-refractivity contribution in [1.29, 1.82) is 0 Å². The Labute approximate surface area is 95.0 Å². The number of hydrogen-bond acceptors (Lipinski definition) is 4. The van der Waals surface area contributed by atoms with Gasteiger partial charge in [0.15, 0.2) is 0 Å². The number of aromatic nitrogens is 1. The van der Waals surface area contributed by atoms with Crippen molar-refractivity contribution in [3.63, 3.8) is 0 Å². The summed E-state index contributed by atoms with van der Waals surface area (Å²) in [6.07, 6.45) is 5.14. The smallest absolute Gasteiger partial charge is 0.256 e. The third kappa shape index (κ3) is 3.98. The molecule has 0 fully saturated rings. The molecule has 0 aliphatic rings. The highest BCUT2D eigenvalue weighted by molar-refractivity contribution is 7.99. The van der Waals surface area contributed by atoms with E-state index in [1.165, 1.54) is 0 Å². The highest BCUT2D eigenvalue weighted by atomic mass is 32.2. The second-order valence-electron chi connectivity index (χ2n) is 3.38. The minimum Gasteiger partial charge on any atom is -0.437 e. The second kappa shape index (κ2) is 5.84. The zero-order valence-electron chi connectivity index (χ0n) is 9.33. The molecule has 0 amide bonds. The fourth-order valence-corrected chi connectivity index (χ4v) is 1.96. The molecule has 4 heteroatoms. The number of nitrogens with zero attached hydrogens (tertiary/aromatic N) is 1. The monoisotopic (exact) mass is 224 g/mol. The first-order valence-corrected chi connectivity index (χ1v) is 5.76. The van der Waals surface area contributed by atoms with E-state index in [2.05, 4.69) is 23.1 Å². The Morgan fingerprint density at radius 2 is 2.33 bits per heavy atom. The van der Waals surface area contributed by atoms with Crippen LogP contribution >= 0.6 is 11.8 Å². The van der Waals surface area contributed by atoms with Crippen LogP contribution in [-0.2, 0) is 0 Å². The summed E-state index contributed by atoms with van der Waals surface area (Å²) in [5, 5.41) is 4.29. The minimum absolute atomic E-state index is 0.399. The average molecular weight is 224 g/mol. The quantitative estimate of drug-likeness (QED) is 0.471. The van der Waals surface area contributed by atoms with Gasteiger partial charge in [0.05, 0.1) is 12.2 Å². The summed E-state index contributed by atoms with van der Waals surface area (Å²) in [6, 6.07) is 0. The number of hydrogen-bond donors (Lipinski definition) is 1. The van der Waals surface area contributed by atoms with Crippen LogP contribution in [0.15, 0.2) is 9.64 Å². The summed E-state index contributed by atoms with van der Waals surface area (Å²) in [7, 11) is 0. The van der Waals surface area contributed by atoms with Crippen LogP contribution in [0.2, 0.25) is 0 Å². The predicted molar refractivity (Wildman–Crippen MR) is 63.0 cm³/mol. The van der Waals surface area contributed by atoms with Gasteiger partial charge in [0.25, 0.3) is 5.22 Å². The van der Waals surface area contributed by atoms with Gasteiger partial charge in [-0.3, -0.25) is 0 Å². The van der Waals surface area contributed by atoms with Gasteiger partial charge in [0.1, 0.15) is 5.76 Å². The van der Waals surface area contributed by atoms with Crippen LogP contribution in [0.1, 0.15) is 18.4 Å². The first-order chi connectivity index (χ1) is 7.13. The standard InChI is InChI=1S/C11H16N2OS/c1-5-6-12-7-8(2)15-11-13-9(3)10(4)14-11/h1,8,12H,6-7H2,2-4H3. The zero-order chi connectivity index (χ0) is 11.3. The maximum Gasteiger partial charge on any atom is 0.256 e. The Bertz CT molecular complexity index is 334. The highest BCUT2D eigenvalue weighted by Gasteiger charge is 2.10. The van der Waals surface area contributed by atoms with E-state index in [1.54, 1.807) is 11.8 Å². The van der Waals surface area contributed by atoms with E-state index < -0.39 is 0 Å². The third-order valence-electron chi connectivity index (χ3n) is 1.97. The number of rotatable bonds is 5. The number of aryl methyl sites for hydroxylation is 2. The van der Waals surface area contributed by atoms with Crippen molar-refractivity contribution < 1.29 is 4.42 Å². The molecule has 1 rings (SSSR count). The lowest BCUT2D eigenvalue weighted by Crippen LogP contribution is -2.22. The molecule has 1 aromatic rings. The van der Waals surface area contributed by atoms with E-state index in [4.69, 9.17) is 10.8 Å². The molecule has 1 heterocycles. The number of nitrogens with one attached hydrogen (secondary N) is 1. The van der Waals surface area contributed by atoms with E-state index in [0.29, 0.717) is 11.8 Å². The lowest BCUT2D eigenvalue weighted by atomic mass is 10.4. The van der Waals surface area contributed by atoms with Gasteiger partial charge in [0, 0.05) is 11.8 Å². The molecule has 0 spiro atoms. The van der Waals surface area contributed by atoms with E-state index >= 15 is 0 Å². The van der Waals surface area contributed by atoms with Gasteiger partial charge >= 0.3 is 0 Å². The predicted octanol–water partition coefficient (Wildman–Crippen LogP) is 1.99. The van der Waals surface area contributed by atoms with E-state index in [1.807, 2.05) is 13.8 Å². The van der Waals surface area contributed by atoms with Crippen LogP contribution in [0.4, 0.5) is 0 Å². The maximum atomic E-state index is 5.47. The van der Waals surface area contributed by atoms with Gasteiger partial charge in [-0.05, 0) is 13.8 Å². The van der Waals surface area contributed by atoms with Gasteiger partial charge < -0.3 is 9.73 Å². The molecule has 1 N–H and O–H groups in total. The Kier molecular flexibility index (Phi) is 4.73. The summed E-state index contributed by atoms with van der Waals surface area (Å²) in [5.41, 5.74) is 0.960. The summed E-state index contributed by atoms with van der Waals surface area (Å²) in [6.45, 7) is 7.45. The molecule has 0 aromatic carbocycles. The van der Waals surface area contributed by atoms with Crippen LogP contribution in [0.3, 0.4) is 0 Å². The molecule has 3 nitrogen and oxygen atoms in total. The lowest BCUT2D eigenvalue weighted by Gasteiger charge is -2.07. The van der Waals surface area contributed by atoms with Gasteiger partial charge in [-0.2, -0.15) is 0 Å². The van der Waals surface area contributed by atoms with Crippen LogP contribution in [0.5, 0.6) is 0 Å². The van der Waals surface area contributed by atoms with Gasteiger partial charge in [-0.25, -0.2) is 4.98 Å². The highest BCUT2D eigenvalue weighted by Crippen LogP contribution is 2.23. The molecule has 1 unspecified atom stereocenters. The van der Waals surface area contributed by atoms with Crippen molar-refractivity contribution in [3.8, 4) is 12.3 Å². The summed E-state index contributed by atoms with van der Waals surface area (Å²) in [4.78, 5) is 4.31. The molecule has 1 atom stereocenters. The molecule has 1 aromatic heterocycles. The molecular weight excluding hydrogens is 208 g/mol. The number of terminal acetylenes is 1. The molecule has 0 saturated heterocycles. The van der Waals surface area contributed by atoms with Gasteiger partial charge in [-0.1, -0.05) is 24.6 Å². The van der Waals surface area contributed by atoms with Crippen LogP contribution < -0.4 is 5.32 Å². The Hall–Kier alpha value is -0.920. The summed E-state index contributed by atoms with van der Waals surface area (Å²) in [5.74, 6) is 3.43. The Balaban J connectivity index is 2.38. The normalized spacial score (nSPS) is 12.4. The second-order valence-corrected chi connectivity index (χ2v) is 4.77. The fourth-order valence-electron chi connectivity index (χ4n) is 1.06. The zero-order valence-corrected chi connectivity index (χ0v) is 10.1. The molecular formula is C11H16N2OS. The number of thioether (sulfide) groups is 1. The van der Waals surface area contributed by atoms with Crippen molar-refractivity contribution in [1.82, 2.24) is 10.3 Å². The molecule has 0 radical (unpaired) electrons. The first kappa shape index (κ1) is 12.2. The summed E-state index contributed by atoms with van der Waals surface area (Å²) < 4.78 is 5.47. The van der Waals surface area contributed by atoms with Crippen LogP contribution in [0.25, 0.3) is 0 Å². The molecule has 0 saturated carbocycles. The first-order valence-electron chi connectivity index (χ1n) is 4.88. The van der Waals surface area contributed by atoms with Crippen molar-refractivity contribution in [2.45, 2.75) is 31.2 Å². The van der Waals surface area contributed by atoms with Crippen molar-refractivity contribution in [2.24, 2.45) is 0 Å². The van der Waals surface area contributed by atoms with E-state index in [-0.39, 0.29) is 0 Å².